The normalized spacial score (nSPS) is 11.3. The quantitative estimate of drug-likeness (QED) is 0.0426. The lowest BCUT2D eigenvalue weighted by atomic mass is 10.5. The minimum Gasteiger partial charge on any atom is -0.179 e. The van der Waals surface area contributed by atoms with E-state index < -0.39 is 0 Å². The predicted molar refractivity (Wildman–Crippen MR) is 199 cm³/mol. The largest absolute Gasteiger partial charge is 0.179 e. The standard InChI is InChI=1S/C12H26S6.C9H20S6/c13-4-1-7-16-10-12(18-9-3-6-15)11-17-8-2-5-14;10-1-4-13-7-9(15-6-3-12)8-14-5-2-11/h12-15H,1-11H2;9-12H,1-8H2. The van der Waals surface area contributed by atoms with Gasteiger partial charge in [0.05, 0.1) is 0 Å². The Balaban J connectivity index is 0. The molecule has 0 spiro atoms. The second kappa shape index (κ2) is 36.2. The van der Waals surface area contributed by atoms with Gasteiger partial charge in [-0.1, -0.05) is 0 Å². The molecule has 0 aromatic rings. The Bertz CT molecular complexity index is 316. The van der Waals surface area contributed by atoms with Gasteiger partial charge in [0.1, 0.15) is 0 Å². The first-order valence-electron chi connectivity index (χ1n) is 11.4. The Morgan fingerprint density at radius 3 is 1.06 bits per heavy atom. The summed E-state index contributed by atoms with van der Waals surface area (Å²) in [6.45, 7) is 0. The van der Waals surface area contributed by atoms with E-state index in [1.807, 2.05) is 23.5 Å². The van der Waals surface area contributed by atoms with E-state index in [1.165, 1.54) is 59.5 Å². The highest BCUT2D eigenvalue weighted by molar-refractivity contribution is 8.06. The number of hydrogen-bond donors (Lipinski definition) is 6. The lowest BCUT2D eigenvalue weighted by Gasteiger charge is -2.15. The van der Waals surface area contributed by atoms with E-state index in [0.717, 1.165) is 62.3 Å². The third-order valence-corrected chi connectivity index (χ3v) is 14.3. The summed E-state index contributed by atoms with van der Waals surface area (Å²) < 4.78 is 0. The summed E-state index contributed by atoms with van der Waals surface area (Å²) in [4.78, 5) is 0. The first kappa shape index (κ1) is 39.3. The van der Waals surface area contributed by atoms with Crippen molar-refractivity contribution in [2.75, 3.05) is 92.0 Å². The molecule has 0 heterocycles. The number of rotatable bonds is 25. The summed E-state index contributed by atoms with van der Waals surface area (Å²) in [5.41, 5.74) is 0. The van der Waals surface area contributed by atoms with Crippen molar-refractivity contribution in [2.24, 2.45) is 0 Å². The van der Waals surface area contributed by atoms with Gasteiger partial charge in [-0.2, -0.15) is 146 Å². The van der Waals surface area contributed by atoms with Crippen LogP contribution in [0.5, 0.6) is 0 Å². The molecule has 0 radical (unpaired) electrons. The fourth-order valence-corrected chi connectivity index (χ4v) is 11.6. The van der Waals surface area contributed by atoms with Crippen LogP contribution in [0.1, 0.15) is 19.3 Å². The van der Waals surface area contributed by atoms with Crippen LogP contribution in [-0.2, 0) is 0 Å². The van der Waals surface area contributed by atoms with E-state index in [-0.39, 0.29) is 0 Å². The van der Waals surface area contributed by atoms with E-state index in [0.29, 0.717) is 0 Å². The highest BCUT2D eigenvalue weighted by atomic mass is 32.2. The van der Waals surface area contributed by atoms with Crippen LogP contribution in [0.15, 0.2) is 0 Å². The van der Waals surface area contributed by atoms with Crippen LogP contribution in [0.3, 0.4) is 0 Å². The zero-order valence-electron chi connectivity index (χ0n) is 19.7. The van der Waals surface area contributed by atoms with E-state index in [9.17, 15) is 0 Å². The van der Waals surface area contributed by atoms with Crippen LogP contribution in [0.4, 0.5) is 0 Å². The third-order valence-electron chi connectivity index (χ3n) is 3.68. The van der Waals surface area contributed by atoms with E-state index >= 15 is 0 Å². The zero-order valence-corrected chi connectivity index (χ0v) is 30.0. The Morgan fingerprint density at radius 2 is 0.697 bits per heavy atom. The highest BCUT2D eigenvalue weighted by Gasteiger charge is 2.10. The van der Waals surface area contributed by atoms with Crippen LogP contribution < -0.4 is 0 Å². The molecule has 0 rings (SSSR count). The second-order valence-corrected chi connectivity index (χ2v) is 16.8. The summed E-state index contributed by atoms with van der Waals surface area (Å²) in [6, 6.07) is 0. The molecule has 0 nitrogen and oxygen atoms in total. The molecule has 0 N–H and O–H groups in total. The average Bonchev–Trinajstić information content (AvgIpc) is 2.83. The maximum absolute atomic E-state index is 4.28. The molecule has 0 aromatic carbocycles. The molecule has 0 saturated heterocycles. The molecule has 12 heteroatoms. The number of thiol groups is 6. The van der Waals surface area contributed by atoms with Crippen LogP contribution >= 0.6 is 146 Å². The molecule has 0 aliphatic carbocycles. The fourth-order valence-electron chi connectivity index (χ4n) is 2.14. The Morgan fingerprint density at radius 1 is 0.364 bits per heavy atom. The smallest absolute Gasteiger partial charge is 0.0229 e. The van der Waals surface area contributed by atoms with E-state index in [4.69, 9.17) is 0 Å². The van der Waals surface area contributed by atoms with Gasteiger partial charge in [-0.3, -0.25) is 0 Å². The highest BCUT2D eigenvalue weighted by Crippen LogP contribution is 2.23. The molecule has 0 atom stereocenters. The van der Waals surface area contributed by atoms with Crippen molar-refractivity contribution in [3.05, 3.63) is 0 Å². The molecule has 0 fully saturated rings. The van der Waals surface area contributed by atoms with Crippen molar-refractivity contribution in [2.45, 2.75) is 29.8 Å². The lowest BCUT2D eigenvalue weighted by Crippen LogP contribution is -2.12. The Kier molecular flexibility index (Phi) is 43.2. The third kappa shape index (κ3) is 34.2. The van der Waals surface area contributed by atoms with Crippen molar-refractivity contribution in [3.63, 3.8) is 0 Å². The summed E-state index contributed by atoms with van der Waals surface area (Å²) in [5, 5.41) is 1.58. The molecular weight excluding hydrogens is 637 g/mol. The van der Waals surface area contributed by atoms with Crippen molar-refractivity contribution in [1.29, 1.82) is 0 Å². The molecule has 0 aromatic heterocycles. The summed E-state index contributed by atoms with van der Waals surface area (Å²) in [7, 11) is 0. The fraction of sp³-hybridized carbons (Fsp3) is 1.00. The van der Waals surface area contributed by atoms with E-state index in [2.05, 4.69) is 123 Å². The topological polar surface area (TPSA) is 0 Å². The minimum absolute atomic E-state index is 0.770. The number of hydrogen-bond acceptors (Lipinski definition) is 12. The monoisotopic (exact) mass is 682 g/mol. The van der Waals surface area contributed by atoms with Crippen molar-refractivity contribution in [1.82, 2.24) is 0 Å². The molecule has 202 valence electrons. The average molecular weight is 683 g/mol. The summed E-state index contributed by atoms with van der Waals surface area (Å²) in [5.74, 6) is 18.3. The molecule has 0 amide bonds. The minimum atomic E-state index is 0.770. The molecule has 0 aliphatic rings. The van der Waals surface area contributed by atoms with Gasteiger partial charge in [-0.25, -0.2) is 0 Å². The number of thioether (sulfide) groups is 6. The van der Waals surface area contributed by atoms with Gasteiger partial charge in [-0.15, -0.1) is 0 Å². The van der Waals surface area contributed by atoms with Crippen molar-refractivity contribution < 1.29 is 0 Å². The van der Waals surface area contributed by atoms with Gasteiger partial charge in [0.2, 0.25) is 0 Å². The second-order valence-electron chi connectivity index (χ2n) is 6.69. The van der Waals surface area contributed by atoms with Crippen LogP contribution in [0.2, 0.25) is 0 Å². The molecule has 0 saturated carbocycles. The lowest BCUT2D eigenvalue weighted by molar-refractivity contribution is 1.07. The van der Waals surface area contributed by atoms with Gasteiger partial charge in [0.15, 0.2) is 0 Å². The van der Waals surface area contributed by atoms with Gasteiger partial charge < -0.3 is 0 Å². The van der Waals surface area contributed by atoms with Crippen LogP contribution in [0.25, 0.3) is 0 Å². The van der Waals surface area contributed by atoms with Crippen LogP contribution in [-0.4, -0.2) is 103 Å². The molecule has 33 heavy (non-hydrogen) atoms. The maximum Gasteiger partial charge on any atom is 0.0229 e. The Hall–Kier alpha value is 4.20. The zero-order chi connectivity index (χ0) is 24.8. The molecule has 0 unspecified atom stereocenters. The maximum atomic E-state index is 4.28. The summed E-state index contributed by atoms with van der Waals surface area (Å²) in [6.07, 6.45) is 3.69. The van der Waals surface area contributed by atoms with Gasteiger partial charge in [0.25, 0.3) is 0 Å². The molecule has 0 aliphatic heterocycles. The van der Waals surface area contributed by atoms with Gasteiger partial charge >= 0.3 is 0 Å². The van der Waals surface area contributed by atoms with Crippen molar-refractivity contribution >= 4 is 146 Å². The molecular formula is C21H46S12. The summed E-state index contributed by atoms with van der Waals surface area (Å²) >= 11 is 37.9. The molecule has 0 bridgehead atoms. The predicted octanol–water partition coefficient (Wildman–Crippen LogP) is 7.86. The van der Waals surface area contributed by atoms with Crippen molar-refractivity contribution in [3.8, 4) is 0 Å². The first-order chi connectivity index (χ1) is 16.2. The Labute approximate surface area is 265 Å². The van der Waals surface area contributed by atoms with Gasteiger partial charge in [-0.05, 0) is 71.0 Å². The SMILES string of the molecule is SCCCSCC(CSCCCS)SCCCS.SCCSCC(CSCCS)SCCS. The van der Waals surface area contributed by atoms with E-state index in [1.54, 1.807) is 0 Å². The first-order valence-corrected chi connectivity index (χ1v) is 21.9. The van der Waals surface area contributed by atoms with Gasteiger partial charge in [0, 0.05) is 50.8 Å². The van der Waals surface area contributed by atoms with Crippen LogP contribution in [0, 0.1) is 0 Å².